The van der Waals surface area contributed by atoms with Crippen molar-refractivity contribution in [2.45, 2.75) is 32.7 Å². The van der Waals surface area contributed by atoms with Crippen LogP contribution in [0.1, 0.15) is 30.9 Å². The van der Waals surface area contributed by atoms with Crippen molar-refractivity contribution in [3.05, 3.63) is 58.6 Å². The van der Waals surface area contributed by atoms with Gasteiger partial charge in [-0.2, -0.15) is 0 Å². The van der Waals surface area contributed by atoms with E-state index in [-0.39, 0.29) is 24.1 Å². The number of rotatable bonds is 5. The number of fused-ring (bicyclic) bond motifs is 1. The van der Waals surface area contributed by atoms with Gasteiger partial charge in [-0.05, 0) is 41.8 Å². The van der Waals surface area contributed by atoms with E-state index in [1.54, 1.807) is 15.9 Å². The molecule has 1 atom stereocenters. The number of nitrogens with zero attached hydrogens (tertiary/aromatic N) is 2. The zero-order valence-corrected chi connectivity index (χ0v) is 17.6. The molecule has 156 valence electrons. The van der Waals surface area contributed by atoms with Gasteiger partial charge in [0.05, 0.1) is 5.92 Å². The number of carbonyl (C=O) groups is 3. The van der Waals surface area contributed by atoms with E-state index in [1.165, 1.54) is 0 Å². The summed E-state index contributed by atoms with van der Waals surface area (Å²) in [5.74, 6) is -0.501. The van der Waals surface area contributed by atoms with Gasteiger partial charge in [-0.1, -0.05) is 36.7 Å². The summed E-state index contributed by atoms with van der Waals surface area (Å²) < 4.78 is 0. The van der Waals surface area contributed by atoms with E-state index in [1.807, 2.05) is 43.3 Å². The second-order valence-electron chi connectivity index (χ2n) is 7.68. The van der Waals surface area contributed by atoms with E-state index in [2.05, 4.69) is 5.32 Å². The Morgan fingerprint density at radius 3 is 2.77 bits per heavy atom. The standard InChI is InChI=1S/C23H24ClN3O3/c1-2-21(28)26-10-9-15-11-18(7-8-20(15)26)27-14-17(12-22(27)29)23(30)25-13-16-5-3-4-6-19(16)24/h3-8,11,17H,2,9-10,12-14H2,1H3,(H,25,30)/t17-/m1/s1. The van der Waals surface area contributed by atoms with Crippen LogP contribution in [0.15, 0.2) is 42.5 Å². The van der Waals surface area contributed by atoms with Gasteiger partial charge in [0.2, 0.25) is 17.7 Å². The maximum atomic E-state index is 12.6. The Labute approximate surface area is 180 Å². The summed E-state index contributed by atoms with van der Waals surface area (Å²) in [5, 5.41) is 3.50. The highest BCUT2D eigenvalue weighted by Crippen LogP contribution is 2.34. The van der Waals surface area contributed by atoms with Crippen molar-refractivity contribution in [1.29, 1.82) is 0 Å². The number of anilines is 2. The normalized spacial score (nSPS) is 17.9. The van der Waals surface area contributed by atoms with Gasteiger partial charge in [0.25, 0.3) is 0 Å². The third kappa shape index (κ3) is 3.92. The van der Waals surface area contributed by atoms with Crippen molar-refractivity contribution < 1.29 is 14.4 Å². The number of nitrogens with one attached hydrogen (secondary N) is 1. The zero-order valence-electron chi connectivity index (χ0n) is 16.9. The van der Waals surface area contributed by atoms with Gasteiger partial charge < -0.3 is 15.1 Å². The molecule has 0 bridgehead atoms. The summed E-state index contributed by atoms with van der Waals surface area (Å²) in [5.41, 5.74) is 3.62. The molecule has 3 amide bonds. The van der Waals surface area contributed by atoms with E-state index >= 15 is 0 Å². The lowest BCUT2D eigenvalue weighted by Crippen LogP contribution is -2.32. The molecule has 30 heavy (non-hydrogen) atoms. The first-order chi connectivity index (χ1) is 14.5. The van der Waals surface area contributed by atoms with Crippen molar-refractivity contribution in [1.82, 2.24) is 5.32 Å². The molecule has 4 rings (SSSR count). The lowest BCUT2D eigenvalue weighted by Gasteiger charge is -2.20. The summed E-state index contributed by atoms with van der Waals surface area (Å²) in [7, 11) is 0. The molecule has 1 fully saturated rings. The van der Waals surface area contributed by atoms with Crippen molar-refractivity contribution in [2.24, 2.45) is 5.92 Å². The molecule has 0 radical (unpaired) electrons. The fourth-order valence-electron chi connectivity index (χ4n) is 4.11. The van der Waals surface area contributed by atoms with Crippen LogP contribution in [0.4, 0.5) is 11.4 Å². The molecule has 1 saturated heterocycles. The lowest BCUT2D eigenvalue weighted by molar-refractivity contribution is -0.126. The molecule has 2 aliphatic heterocycles. The average Bonchev–Trinajstić information content (AvgIpc) is 3.35. The van der Waals surface area contributed by atoms with Crippen LogP contribution in [0.5, 0.6) is 0 Å². The molecule has 6 nitrogen and oxygen atoms in total. The van der Waals surface area contributed by atoms with E-state index in [9.17, 15) is 14.4 Å². The number of carbonyl (C=O) groups excluding carboxylic acids is 3. The zero-order chi connectivity index (χ0) is 21.3. The van der Waals surface area contributed by atoms with Crippen LogP contribution in [-0.2, 0) is 27.3 Å². The molecular weight excluding hydrogens is 402 g/mol. The third-order valence-electron chi connectivity index (χ3n) is 5.78. The Hall–Kier alpha value is -2.86. The predicted octanol–water partition coefficient (Wildman–Crippen LogP) is 3.31. The van der Waals surface area contributed by atoms with E-state index in [4.69, 9.17) is 11.6 Å². The van der Waals surface area contributed by atoms with Gasteiger partial charge in [0.1, 0.15) is 0 Å². The fraction of sp³-hybridized carbons (Fsp3) is 0.348. The van der Waals surface area contributed by atoms with E-state index in [0.29, 0.717) is 31.1 Å². The Kier molecular flexibility index (Phi) is 5.77. The molecule has 7 heteroatoms. The summed E-state index contributed by atoms with van der Waals surface area (Å²) >= 11 is 6.14. The highest BCUT2D eigenvalue weighted by atomic mass is 35.5. The second-order valence-corrected chi connectivity index (χ2v) is 8.08. The Morgan fingerprint density at radius 1 is 1.20 bits per heavy atom. The summed E-state index contributed by atoms with van der Waals surface area (Å²) in [6.45, 7) is 3.22. The number of benzene rings is 2. The smallest absolute Gasteiger partial charge is 0.227 e. The highest BCUT2D eigenvalue weighted by molar-refractivity contribution is 6.31. The van der Waals surface area contributed by atoms with Crippen LogP contribution in [0.2, 0.25) is 5.02 Å². The Bertz CT molecular complexity index is 1010. The van der Waals surface area contributed by atoms with Gasteiger partial charge in [-0.25, -0.2) is 0 Å². The van der Waals surface area contributed by atoms with Crippen molar-refractivity contribution >= 4 is 40.7 Å². The van der Waals surface area contributed by atoms with Gasteiger partial charge in [0, 0.05) is 48.9 Å². The molecular formula is C23H24ClN3O3. The largest absolute Gasteiger partial charge is 0.352 e. The lowest BCUT2D eigenvalue weighted by atomic mass is 10.1. The molecule has 2 aromatic rings. The second kappa shape index (κ2) is 8.48. The molecule has 0 saturated carbocycles. The SMILES string of the molecule is CCC(=O)N1CCc2cc(N3C[C@H](C(=O)NCc4ccccc4Cl)CC3=O)ccc21. The van der Waals surface area contributed by atoms with E-state index in [0.717, 1.165) is 28.9 Å². The van der Waals surface area contributed by atoms with Crippen molar-refractivity contribution in [3.8, 4) is 0 Å². The van der Waals surface area contributed by atoms with Crippen LogP contribution < -0.4 is 15.1 Å². The monoisotopic (exact) mass is 425 g/mol. The molecule has 0 unspecified atom stereocenters. The highest BCUT2D eigenvalue weighted by Gasteiger charge is 2.35. The summed E-state index contributed by atoms with van der Waals surface area (Å²) in [6.07, 6.45) is 1.43. The van der Waals surface area contributed by atoms with Crippen LogP contribution in [0, 0.1) is 5.92 Å². The van der Waals surface area contributed by atoms with Gasteiger partial charge in [0.15, 0.2) is 0 Å². The van der Waals surface area contributed by atoms with Crippen LogP contribution in [-0.4, -0.2) is 30.8 Å². The Morgan fingerprint density at radius 2 is 2.00 bits per heavy atom. The molecule has 0 aromatic heterocycles. The molecule has 2 aromatic carbocycles. The number of amides is 3. The first-order valence-corrected chi connectivity index (χ1v) is 10.6. The maximum Gasteiger partial charge on any atom is 0.227 e. The van der Waals surface area contributed by atoms with E-state index < -0.39 is 5.92 Å². The predicted molar refractivity (Wildman–Crippen MR) is 117 cm³/mol. The minimum Gasteiger partial charge on any atom is -0.352 e. The van der Waals surface area contributed by atoms with Crippen LogP contribution in [0.3, 0.4) is 0 Å². The number of halogens is 1. The third-order valence-corrected chi connectivity index (χ3v) is 6.15. The quantitative estimate of drug-likeness (QED) is 0.799. The van der Waals surface area contributed by atoms with Crippen molar-refractivity contribution in [2.75, 3.05) is 22.9 Å². The molecule has 2 aliphatic rings. The van der Waals surface area contributed by atoms with Gasteiger partial charge in [-0.3, -0.25) is 14.4 Å². The maximum absolute atomic E-state index is 12.6. The average molecular weight is 426 g/mol. The van der Waals surface area contributed by atoms with Crippen LogP contribution >= 0.6 is 11.6 Å². The topological polar surface area (TPSA) is 69.7 Å². The van der Waals surface area contributed by atoms with Crippen molar-refractivity contribution in [3.63, 3.8) is 0 Å². The fourth-order valence-corrected chi connectivity index (χ4v) is 4.31. The number of hydrogen-bond donors (Lipinski definition) is 1. The molecule has 1 N–H and O–H groups in total. The first-order valence-electron chi connectivity index (χ1n) is 10.2. The number of hydrogen-bond acceptors (Lipinski definition) is 3. The van der Waals surface area contributed by atoms with Gasteiger partial charge >= 0.3 is 0 Å². The van der Waals surface area contributed by atoms with Gasteiger partial charge in [-0.15, -0.1) is 0 Å². The Balaban J connectivity index is 1.42. The summed E-state index contributed by atoms with van der Waals surface area (Å²) in [6, 6.07) is 13.1. The minimum absolute atomic E-state index is 0.0627. The minimum atomic E-state index is -0.397. The summed E-state index contributed by atoms with van der Waals surface area (Å²) in [4.78, 5) is 40.8. The first kappa shape index (κ1) is 20.4. The molecule has 0 aliphatic carbocycles. The van der Waals surface area contributed by atoms with Crippen LogP contribution in [0.25, 0.3) is 0 Å². The molecule has 0 spiro atoms. The molecule has 2 heterocycles.